The molecule has 2 N–H and O–H groups in total. The van der Waals surface area contributed by atoms with E-state index in [2.05, 4.69) is 4.94 Å². The predicted molar refractivity (Wildman–Crippen MR) is 110 cm³/mol. The van der Waals surface area contributed by atoms with Crippen LogP contribution in [0.25, 0.3) is 12.2 Å². The average molecular weight is 402 g/mol. The number of aliphatic hydroxyl groups excluding tert-OH is 1. The van der Waals surface area contributed by atoms with Crippen molar-refractivity contribution < 1.29 is 33.9 Å². The molecule has 0 fully saturated rings. The van der Waals surface area contributed by atoms with Gasteiger partial charge in [0.1, 0.15) is 12.0 Å². The number of hydrogen-bond donors (Lipinski definition) is 2. The summed E-state index contributed by atoms with van der Waals surface area (Å²) in [5, 5.41) is 18.5. The van der Waals surface area contributed by atoms with Crippen molar-refractivity contribution in [2.45, 2.75) is 6.92 Å². The van der Waals surface area contributed by atoms with Crippen LogP contribution in [-0.4, -0.2) is 30.7 Å². The number of allylic oxidation sites excluding steroid dienone is 3. The van der Waals surface area contributed by atoms with Gasteiger partial charge in [-0.1, -0.05) is 24.3 Å². The Labute approximate surface area is 168 Å². The minimum Gasteiger partial charge on any atom is -0.508 e. The summed E-state index contributed by atoms with van der Waals surface area (Å²) in [4.78, 5) is 13.6. The van der Waals surface area contributed by atoms with Gasteiger partial charge < -0.3 is 19.7 Å². The summed E-state index contributed by atoms with van der Waals surface area (Å²) in [7, 11) is 2.90. The fourth-order valence-corrected chi connectivity index (χ4v) is 2.08. The van der Waals surface area contributed by atoms with E-state index in [-0.39, 0.29) is 23.0 Å². The van der Waals surface area contributed by atoms with Crippen molar-refractivity contribution in [1.82, 2.24) is 0 Å². The highest BCUT2D eigenvalue weighted by molar-refractivity contribution is 5.74. The number of methoxy groups -OCH3 is 2. The Morgan fingerprint density at radius 2 is 1.59 bits per heavy atom. The maximum Gasteiger partial charge on any atom is 0.213 e. The van der Waals surface area contributed by atoms with E-state index < -0.39 is 0 Å². The molecule has 0 aromatic heterocycles. The Hall–Kier alpha value is -3.74. The van der Waals surface area contributed by atoms with Crippen molar-refractivity contribution in [3.63, 3.8) is 0 Å². The molecule has 7 heteroatoms. The van der Waals surface area contributed by atoms with Gasteiger partial charge >= 0.3 is 0 Å². The second kappa shape index (κ2) is 12.6. The molecule has 154 valence electrons. The number of phenols is 1. The van der Waals surface area contributed by atoms with Crippen LogP contribution in [0.3, 0.4) is 0 Å². The smallest absolute Gasteiger partial charge is 0.213 e. The normalized spacial score (nSPS) is 11.1. The maximum absolute atomic E-state index is 11.9. The lowest BCUT2D eigenvalue weighted by Gasteiger charge is -2.04. The standard InChI is InChI=1S/C12H14O3.C10H9FO3/c1-3-10(13)6-4-9-5-7-11(14)12(8-9)15-2;1-13-10-7-8(3-2-6-12)4-5-9(10)14-11/h3-8,13-14H,1-2H3;2-7H,1H3/b6-4+,10-3-;3-2+. The number of aliphatic hydroxyl groups is 1. The van der Waals surface area contributed by atoms with Crippen molar-refractivity contribution in [2.24, 2.45) is 0 Å². The van der Waals surface area contributed by atoms with Crippen molar-refractivity contribution in [3.05, 3.63) is 71.5 Å². The van der Waals surface area contributed by atoms with E-state index in [1.54, 1.807) is 61.6 Å². The largest absolute Gasteiger partial charge is 0.508 e. The van der Waals surface area contributed by atoms with Gasteiger partial charge in [-0.3, -0.25) is 9.74 Å². The van der Waals surface area contributed by atoms with Gasteiger partial charge in [0, 0.05) is 4.53 Å². The first kappa shape index (κ1) is 23.3. The summed E-state index contributed by atoms with van der Waals surface area (Å²) in [5.41, 5.74) is 1.58. The average Bonchev–Trinajstić information content (AvgIpc) is 2.76. The molecule has 0 spiro atoms. The zero-order valence-electron chi connectivity index (χ0n) is 16.3. The first-order valence-electron chi connectivity index (χ1n) is 8.47. The van der Waals surface area contributed by atoms with E-state index in [1.165, 1.54) is 26.4 Å². The summed E-state index contributed by atoms with van der Waals surface area (Å²) in [5.74, 6) is 1.00. The quantitative estimate of drug-likeness (QED) is 0.292. The third kappa shape index (κ3) is 7.80. The van der Waals surface area contributed by atoms with E-state index in [0.29, 0.717) is 12.0 Å². The lowest BCUT2D eigenvalue weighted by Crippen LogP contribution is -1.87. The summed E-state index contributed by atoms with van der Waals surface area (Å²) >= 11 is 0. The van der Waals surface area contributed by atoms with Gasteiger partial charge in [-0.15, -0.1) is 0 Å². The highest BCUT2D eigenvalue weighted by atomic mass is 19.3. The molecule has 0 amide bonds. The maximum atomic E-state index is 11.9. The van der Waals surface area contributed by atoms with E-state index in [1.807, 2.05) is 0 Å². The highest BCUT2D eigenvalue weighted by Gasteiger charge is 2.04. The van der Waals surface area contributed by atoms with Gasteiger partial charge in [0.25, 0.3) is 0 Å². The van der Waals surface area contributed by atoms with Crippen molar-refractivity contribution in [3.8, 4) is 23.0 Å². The lowest BCUT2D eigenvalue weighted by molar-refractivity contribution is -0.104. The number of aromatic hydroxyl groups is 1. The Kier molecular flexibility index (Phi) is 10.1. The number of rotatable bonds is 7. The number of halogens is 1. The number of carbonyl (C=O) groups excluding carboxylic acids is 1. The highest BCUT2D eigenvalue weighted by Crippen LogP contribution is 2.28. The zero-order chi connectivity index (χ0) is 21.6. The fraction of sp³-hybridized carbons (Fsp3) is 0.136. The molecule has 0 unspecified atom stereocenters. The number of ether oxygens (including phenoxy) is 2. The van der Waals surface area contributed by atoms with Crippen molar-refractivity contribution in [2.75, 3.05) is 14.2 Å². The zero-order valence-corrected chi connectivity index (χ0v) is 16.3. The topological polar surface area (TPSA) is 85.2 Å². The Morgan fingerprint density at radius 3 is 2.17 bits per heavy atom. The number of hydrogen-bond acceptors (Lipinski definition) is 6. The molecule has 0 saturated carbocycles. The van der Waals surface area contributed by atoms with Crippen LogP contribution in [0.15, 0.2) is 60.4 Å². The molecule has 0 saturated heterocycles. The van der Waals surface area contributed by atoms with Crippen LogP contribution in [0, 0.1) is 0 Å². The summed E-state index contributed by atoms with van der Waals surface area (Å²) in [6, 6.07) is 9.56. The molecule has 6 nitrogen and oxygen atoms in total. The summed E-state index contributed by atoms with van der Waals surface area (Å²) in [6.45, 7) is 1.75. The molecular formula is C22H23FO6. The van der Waals surface area contributed by atoms with Gasteiger partial charge in [0.05, 0.1) is 14.2 Å². The Balaban J connectivity index is 0.000000291. The molecule has 0 aliphatic heterocycles. The van der Waals surface area contributed by atoms with Crippen LogP contribution < -0.4 is 14.4 Å². The van der Waals surface area contributed by atoms with E-state index >= 15 is 0 Å². The van der Waals surface area contributed by atoms with Crippen LogP contribution in [0.5, 0.6) is 23.0 Å². The number of benzene rings is 2. The van der Waals surface area contributed by atoms with Gasteiger partial charge in [-0.2, -0.15) is 0 Å². The third-order valence-electron chi connectivity index (χ3n) is 3.58. The second-order valence-corrected chi connectivity index (χ2v) is 5.46. The van der Waals surface area contributed by atoms with Crippen LogP contribution in [-0.2, 0) is 4.79 Å². The molecule has 0 aliphatic rings. The van der Waals surface area contributed by atoms with Gasteiger partial charge in [0.2, 0.25) is 5.75 Å². The number of phenolic OH excluding ortho intramolecular Hbond substituents is 1. The molecular weight excluding hydrogens is 379 g/mol. The van der Waals surface area contributed by atoms with Crippen molar-refractivity contribution >= 4 is 18.4 Å². The van der Waals surface area contributed by atoms with Gasteiger partial charge in [-0.25, -0.2) is 0 Å². The molecule has 0 bridgehead atoms. The number of aldehydes is 1. The van der Waals surface area contributed by atoms with Gasteiger partial charge in [0.15, 0.2) is 17.2 Å². The lowest BCUT2D eigenvalue weighted by atomic mass is 10.2. The van der Waals surface area contributed by atoms with Gasteiger partial charge in [-0.05, 0) is 60.5 Å². The molecule has 0 atom stereocenters. The minimum atomic E-state index is 0.00996. The fourth-order valence-electron chi connectivity index (χ4n) is 2.08. The number of carbonyl (C=O) groups is 1. The summed E-state index contributed by atoms with van der Waals surface area (Å²) < 4.78 is 21.7. The predicted octanol–water partition coefficient (Wildman–Crippen LogP) is 5.05. The first-order chi connectivity index (χ1) is 14.0. The molecule has 2 aromatic rings. The molecule has 0 heterocycles. The van der Waals surface area contributed by atoms with Crippen LogP contribution >= 0.6 is 0 Å². The van der Waals surface area contributed by atoms with E-state index in [0.717, 1.165) is 11.1 Å². The SMILES string of the molecule is C/C=C(O)/C=C/c1ccc(O)c(OC)c1.COc1cc(/C=C/C=O)ccc1OF. The minimum absolute atomic E-state index is 0.00996. The molecule has 2 rings (SSSR count). The molecule has 0 aliphatic carbocycles. The van der Waals surface area contributed by atoms with Crippen LogP contribution in [0.1, 0.15) is 18.1 Å². The Morgan fingerprint density at radius 1 is 0.966 bits per heavy atom. The summed E-state index contributed by atoms with van der Waals surface area (Å²) in [6.07, 6.45) is 8.48. The molecule has 0 radical (unpaired) electrons. The Bertz CT molecular complexity index is 887. The second-order valence-electron chi connectivity index (χ2n) is 5.46. The molecule has 2 aromatic carbocycles. The van der Waals surface area contributed by atoms with Crippen LogP contribution in [0.4, 0.5) is 4.53 Å². The first-order valence-corrected chi connectivity index (χ1v) is 8.47. The van der Waals surface area contributed by atoms with E-state index in [9.17, 15) is 19.5 Å². The third-order valence-corrected chi connectivity index (χ3v) is 3.58. The van der Waals surface area contributed by atoms with E-state index in [4.69, 9.17) is 9.47 Å². The van der Waals surface area contributed by atoms with Crippen LogP contribution in [0.2, 0.25) is 0 Å². The monoisotopic (exact) mass is 402 g/mol. The van der Waals surface area contributed by atoms with Crippen molar-refractivity contribution in [1.29, 1.82) is 0 Å². The molecule has 29 heavy (non-hydrogen) atoms.